The zero-order valence-corrected chi connectivity index (χ0v) is 6.54. The van der Waals surface area contributed by atoms with Crippen LogP contribution in [0.25, 0.3) is 0 Å². The van der Waals surface area contributed by atoms with E-state index in [1.54, 1.807) is 13.0 Å². The summed E-state index contributed by atoms with van der Waals surface area (Å²) in [5, 5.41) is 8.46. The van der Waals surface area contributed by atoms with Crippen molar-refractivity contribution in [1.82, 2.24) is 0 Å². The lowest BCUT2D eigenvalue weighted by atomic mass is 10.2. The molecule has 0 saturated carbocycles. The standard InChI is InChI=1S/C8H12O3/c1-6(8(9)10)3-2-4-7-5-11-7/h3,7H,2,4-5H2,1H3,(H,9,10)/b6-3+. The van der Waals surface area contributed by atoms with E-state index < -0.39 is 5.97 Å². The van der Waals surface area contributed by atoms with Gasteiger partial charge in [0.05, 0.1) is 12.7 Å². The van der Waals surface area contributed by atoms with Crippen LogP contribution in [-0.2, 0) is 9.53 Å². The molecule has 0 aromatic heterocycles. The summed E-state index contributed by atoms with van der Waals surface area (Å²) >= 11 is 0. The molecule has 1 unspecified atom stereocenters. The summed E-state index contributed by atoms with van der Waals surface area (Å²) in [5.74, 6) is -0.832. The van der Waals surface area contributed by atoms with E-state index in [0.717, 1.165) is 19.4 Å². The smallest absolute Gasteiger partial charge is 0.330 e. The number of aliphatic carboxylic acids is 1. The minimum absolute atomic E-state index is 0.396. The van der Waals surface area contributed by atoms with Crippen LogP contribution in [0.3, 0.4) is 0 Å². The summed E-state index contributed by atoms with van der Waals surface area (Å²) in [6.45, 7) is 2.45. The van der Waals surface area contributed by atoms with Crippen LogP contribution in [0.15, 0.2) is 11.6 Å². The van der Waals surface area contributed by atoms with Crippen molar-refractivity contribution in [2.45, 2.75) is 25.9 Å². The third kappa shape index (κ3) is 3.18. The van der Waals surface area contributed by atoms with Gasteiger partial charge in [-0.15, -0.1) is 0 Å². The Morgan fingerprint density at radius 1 is 1.82 bits per heavy atom. The van der Waals surface area contributed by atoms with Crippen molar-refractivity contribution >= 4 is 5.97 Å². The van der Waals surface area contributed by atoms with E-state index in [-0.39, 0.29) is 0 Å². The second kappa shape index (κ2) is 3.53. The second-order valence-corrected chi connectivity index (χ2v) is 2.72. The minimum Gasteiger partial charge on any atom is -0.478 e. The molecule has 0 bridgehead atoms. The van der Waals surface area contributed by atoms with E-state index in [1.807, 2.05) is 0 Å². The van der Waals surface area contributed by atoms with Crippen LogP contribution in [0, 0.1) is 0 Å². The lowest BCUT2D eigenvalue weighted by molar-refractivity contribution is -0.132. The lowest BCUT2D eigenvalue weighted by Gasteiger charge is -1.91. The summed E-state index contributed by atoms with van der Waals surface area (Å²) in [5.41, 5.74) is 0.422. The molecule has 11 heavy (non-hydrogen) atoms. The number of rotatable bonds is 4. The van der Waals surface area contributed by atoms with E-state index in [1.165, 1.54) is 0 Å². The Balaban J connectivity index is 2.15. The number of allylic oxidation sites excluding steroid dienone is 1. The van der Waals surface area contributed by atoms with E-state index in [4.69, 9.17) is 9.84 Å². The lowest BCUT2D eigenvalue weighted by Crippen LogP contribution is -1.96. The topological polar surface area (TPSA) is 49.8 Å². The van der Waals surface area contributed by atoms with Gasteiger partial charge in [-0.05, 0) is 19.8 Å². The normalized spacial score (nSPS) is 23.4. The zero-order valence-electron chi connectivity index (χ0n) is 6.54. The molecule has 0 radical (unpaired) electrons. The van der Waals surface area contributed by atoms with Crippen LogP contribution in [0.4, 0.5) is 0 Å². The Labute approximate surface area is 65.7 Å². The molecule has 1 N–H and O–H groups in total. The fraction of sp³-hybridized carbons (Fsp3) is 0.625. The molecule has 1 aliphatic rings. The Hall–Kier alpha value is -0.830. The SMILES string of the molecule is C/C(=C\CCC1CO1)C(=O)O. The molecule has 0 aliphatic carbocycles. The van der Waals surface area contributed by atoms with Gasteiger partial charge in [0.25, 0.3) is 0 Å². The summed E-state index contributed by atoms with van der Waals surface area (Å²) in [7, 11) is 0. The van der Waals surface area contributed by atoms with E-state index in [9.17, 15) is 4.79 Å². The Morgan fingerprint density at radius 3 is 2.91 bits per heavy atom. The van der Waals surface area contributed by atoms with Gasteiger partial charge >= 0.3 is 5.97 Å². The molecule has 1 heterocycles. The van der Waals surface area contributed by atoms with Crippen molar-refractivity contribution in [3.8, 4) is 0 Å². The first-order chi connectivity index (χ1) is 5.20. The molecule has 3 heteroatoms. The average molecular weight is 156 g/mol. The summed E-state index contributed by atoms with van der Waals surface area (Å²) in [4.78, 5) is 10.3. The molecule has 0 aromatic rings. The van der Waals surface area contributed by atoms with Crippen molar-refractivity contribution in [2.24, 2.45) is 0 Å². The summed E-state index contributed by atoms with van der Waals surface area (Å²) < 4.78 is 4.97. The molecule has 3 nitrogen and oxygen atoms in total. The minimum atomic E-state index is -0.832. The van der Waals surface area contributed by atoms with E-state index in [2.05, 4.69) is 0 Å². The Kier molecular flexibility index (Phi) is 2.65. The van der Waals surface area contributed by atoms with Gasteiger partial charge in [-0.3, -0.25) is 0 Å². The number of carbonyl (C=O) groups is 1. The first-order valence-corrected chi connectivity index (χ1v) is 3.72. The number of carboxylic acid groups (broad SMARTS) is 1. The number of hydrogen-bond donors (Lipinski definition) is 1. The number of carboxylic acids is 1. The van der Waals surface area contributed by atoms with Gasteiger partial charge in [-0.25, -0.2) is 4.79 Å². The molecule has 1 saturated heterocycles. The van der Waals surface area contributed by atoms with Gasteiger partial charge < -0.3 is 9.84 Å². The molecule has 62 valence electrons. The quantitative estimate of drug-likeness (QED) is 0.491. The fourth-order valence-electron chi connectivity index (χ4n) is 0.808. The number of hydrogen-bond acceptors (Lipinski definition) is 2. The number of epoxide rings is 1. The molecular weight excluding hydrogens is 144 g/mol. The predicted molar refractivity (Wildman–Crippen MR) is 40.4 cm³/mol. The highest BCUT2D eigenvalue weighted by Gasteiger charge is 2.20. The van der Waals surface area contributed by atoms with Gasteiger partial charge in [-0.2, -0.15) is 0 Å². The van der Waals surface area contributed by atoms with Crippen LogP contribution in [0.2, 0.25) is 0 Å². The van der Waals surface area contributed by atoms with Crippen molar-refractivity contribution in [2.75, 3.05) is 6.61 Å². The Bertz CT molecular complexity index is 180. The number of ether oxygens (including phenoxy) is 1. The molecule has 0 aromatic carbocycles. The van der Waals surface area contributed by atoms with E-state index in [0.29, 0.717) is 11.7 Å². The molecule has 1 atom stereocenters. The van der Waals surface area contributed by atoms with Crippen LogP contribution in [0.1, 0.15) is 19.8 Å². The van der Waals surface area contributed by atoms with E-state index >= 15 is 0 Å². The fourth-order valence-corrected chi connectivity index (χ4v) is 0.808. The summed E-state index contributed by atoms with van der Waals surface area (Å²) in [6.07, 6.45) is 3.89. The van der Waals surface area contributed by atoms with Crippen LogP contribution >= 0.6 is 0 Å². The monoisotopic (exact) mass is 156 g/mol. The highest BCUT2D eigenvalue weighted by molar-refractivity contribution is 5.85. The molecule has 1 rings (SSSR count). The third-order valence-electron chi connectivity index (χ3n) is 1.68. The predicted octanol–water partition coefficient (Wildman–Crippen LogP) is 1.20. The van der Waals surface area contributed by atoms with Crippen LogP contribution in [0.5, 0.6) is 0 Å². The van der Waals surface area contributed by atoms with Crippen molar-refractivity contribution in [1.29, 1.82) is 0 Å². The maximum Gasteiger partial charge on any atom is 0.330 e. The average Bonchev–Trinajstić information content (AvgIpc) is 2.71. The molecule has 1 fully saturated rings. The third-order valence-corrected chi connectivity index (χ3v) is 1.68. The van der Waals surface area contributed by atoms with Gasteiger partial charge in [-0.1, -0.05) is 6.08 Å². The highest BCUT2D eigenvalue weighted by Crippen LogP contribution is 2.15. The van der Waals surface area contributed by atoms with Crippen molar-refractivity contribution in [3.05, 3.63) is 11.6 Å². The van der Waals surface area contributed by atoms with Gasteiger partial charge in [0.1, 0.15) is 0 Å². The van der Waals surface area contributed by atoms with Crippen molar-refractivity contribution < 1.29 is 14.6 Å². The van der Waals surface area contributed by atoms with Crippen molar-refractivity contribution in [3.63, 3.8) is 0 Å². The first-order valence-electron chi connectivity index (χ1n) is 3.72. The largest absolute Gasteiger partial charge is 0.478 e. The van der Waals surface area contributed by atoms with Crippen LogP contribution in [-0.4, -0.2) is 23.8 Å². The van der Waals surface area contributed by atoms with Crippen LogP contribution < -0.4 is 0 Å². The molecule has 0 spiro atoms. The highest BCUT2D eigenvalue weighted by atomic mass is 16.6. The Morgan fingerprint density at radius 2 is 2.45 bits per heavy atom. The molecule has 1 aliphatic heterocycles. The summed E-state index contributed by atoms with van der Waals surface area (Å²) in [6, 6.07) is 0. The maximum atomic E-state index is 10.3. The zero-order chi connectivity index (χ0) is 8.27. The van der Waals surface area contributed by atoms with Gasteiger partial charge in [0.15, 0.2) is 0 Å². The van der Waals surface area contributed by atoms with Gasteiger partial charge in [0, 0.05) is 5.57 Å². The van der Waals surface area contributed by atoms with Gasteiger partial charge in [0.2, 0.25) is 0 Å². The maximum absolute atomic E-state index is 10.3. The first kappa shape index (κ1) is 8.27. The second-order valence-electron chi connectivity index (χ2n) is 2.72. The molecule has 0 amide bonds. The molecular formula is C8H12O3.